The van der Waals surface area contributed by atoms with Crippen LogP contribution in [-0.2, 0) is 0 Å². The summed E-state index contributed by atoms with van der Waals surface area (Å²) in [7, 11) is 0. The first kappa shape index (κ1) is 15.8. The number of piperazine rings is 1. The molecule has 21 heavy (non-hydrogen) atoms. The van der Waals surface area contributed by atoms with Crippen LogP contribution in [0.15, 0.2) is 24.3 Å². The normalized spacial score (nSPS) is 19.3. The third kappa shape index (κ3) is 3.74. The van der Waals surface area contributed by atoms with E-state index in [9.17, 15) is 4.79 Å². The van der Waals surface area contributed by atoms with E-state index < -0.39 is 6.09 Å². The topological polar surface area (TPSA) is 69.8 Å². The lowest BCUT2D eigenvalue weighted by molar-refractivity contribution is 0.0835. The van der Waals surface area contributed by atoms with Gasteiger partial charge in [-0.3, -0.25) is 4.90 Å². The van der Waals surface area contributed by atoms with E-state index in [2.05, 4.69) is 36.1 Å². The Hall–Kier alpha value is -1.59. The third-order valence-electron chi connectivity index (χ3n) is 4.26. The molecular weight excluding hydrogens is 266 g/mol. The van der Waals surface area contributed by atoms with Crippen molar-refractivity contribution in [2.24, 2.45) is 5.73 Å². The molecule has 116 valence electrons. The van der Waals surface area contributed by atoms with Gasteiger partial charge in [0.25, 0.3) is 0 Å². The van der Waals surface area contributed by atoms with E-state index in [-0.39, 0.29) is 6.04 Å². The first-order valence-electron chi connectivity index (χ1n) is 7.60. The number of hydrogen-bond acceptors (Lipinski definition) is 3. The molecule has 1 saturated heterocycles. The van der Waals surface area contributed by atoms with Crippen LogP contribution in [0.4, 0.5) is 4.79 Å². The largest absolute Gasteiger partial charge is 0.465 e. The Bertz CT molecular complexity index is 465. The van der Waals surface area contributed by atoms with Crippen LogP contribution < -0.4 is 5.73 Å². The summed E-state index contributed by atoms with van der Waals surface area (Å²) < 4.78 is 0. The fourth-order valence-electron chi connectivity index (χ4n) is 2.95. The Balaban J connectivity index is 2.04. The quantitative estimate of drug-likeness (QED) is 0.894. The molecule has 1 aromatic carbocycles. The van der Waals surface area contributed by atoms with Crippen molar-refractivity contribution in [3.05, 3.63) is 35.4 Å². The summed E-state index contributed by atoms with van der Waals surface area (Å²) >= 11 is 0. The molecule has 2 rings (SSSR count). The highest BCUT2D eigenvalue weighted by atomic mass is 16.4. The van der Waals surface area contributed by atoms with Crippen LogP contribution in [0.1, 0.15) is 43.5 Å². The predicted octanol–water partition coefficient (Wildman–Crippen LogP) is 2.45. The summed E-state index contributed by atoms with van der Waals surface area (Å²) in [6, 6.07) is 8.89. The number of carboxylic acid groups (broad SMARTS) is 1. The zero-order valence-electron chi connectivity index (χ0n) is 12.8. The number of benzene rings is 1. The Morgan fingerprint density at radius 1 is 1.19 bits per heavy atom. The second-order valence-electron chi connectivity index (χ2n) is 5.68. The lowest BCUT2D eigenvalue weighted by Crippen LogP contribution is -2.49. The van der Waals surface area contributed by atoms with Crippen LogP contribution in [0.3, 0.4) is 0 Å². The van der Waals surface area contributed by atoms with Crippen molar-refractivity contribution >= 4 is 6.09 Å². The van der Waals surface area contributed by atoms with Gasteiger partial charge < -0.3 is 15.7 Å². The lowest BCUT2D eigenvalue weighted by Gasteiger charge is -2.38. The van der Waals surface area contributed by atoms with Crippen LogP contribution in [0.2, 0.25) is 0 Å². The molecule has 0 saturated carbocycles. The maximum atomic E-state index is 11.0. The van der Waals surface area contributed by atoms with Crippen LogP contribution in [0.5, 0.6) is 0 Å². The minimum Gasteiger partial charge on any atom is -0.465 e. The third-order valence-corrected chi connectivity index (χ3v) is 4.26. The van der Waals surface area contributed by atoms with E-state index in [0.717, 1.165) is 25.1 Å². The maximum Gasteiger partial charge on any atom is 0.407 e. The summed E-state index contributed by atoms with van der Waals surface area (Å²) in [5, 5.41) is 9.02. The molecule has 0 aromatic heterocycles. The molecule has 1 amide bonds. The average Bonchev–Trinajstić information content (AvgIpc) is 2.49. The Kier molecular flexibility index (Phi) is 5.20. The summed E-state index contributed by atoms with van der Waals surface area (Å²) in [5.74, 6) is 0. The van der Waals surface area contributed by atoms with Crippen molar-refractivity contribution in [2.75, 3.05) is 26.2 Å². The SMILES string of the molecule is CC[C@H](c1ccc([C@H](C)N)cc1)N1CCN(C(=O)O)CC1. The summed E-state index contributed by atoms with van der Waals surface area (Å²) in [6.07, 6.45) is 0.203. The number of hydrogen-bond donors (Lipinski definition) is 2. The van der Waals surface area contributed by atoms with Crippen LogP contribution in [-0.4, -0.2) is 47.2 Å². The molecule has 1 aliphatic heterocycles. The van der Waals surface area contributed by atoms with E-state index in [0.29, 0.717) is 19.1 Å². The van der Waals surface area contributed by atoms with Gasteiger partial charge in [-0.05, 0) is 24.5 Å². The molecule has 1 heterocycles. The Morgan fingerprint density at radius 2 is 1.71 bits per heavy atom. The highest BCUT2D eigenvalue weighted by Crippen LogP contribution is 2.26. The molecule has 1 aliphatic rings. The van der Waals surface area contributed by atoms with Gasteiger partial charge >= 0.3 is 6.09 Å². The van der Waals surface area contributed by atoms with Crippen LogP contribution in [0.25, 0.3) is 0 Å². The zero-order valence-corrected chi connectivity index (χ0v) is 12.8. The predicted molar refractivity (Wildman–Crippen MR) is 83.2 cm³/mol. The smallest absolute Gasteiger partial charge is 0.407 e. The van der Waals surface area contributed by atoms with Crippen molar-refractivity contribution < 1.29 is 9.90 Å². The first-order valence-corrected chi connectivity index (χ1v) is 7.60. The molecule has 0 radical (unpaired) electrons. The highest BCUT2D eigenvalue weighted by Gasteiger charge is 2.25. The van der Waals surface area contributed by atoms with Gasteiger partial charge in [0.05, 0.1) is 0 Å². The molecule has 1 aromatic rings. The minimum atomic E-state index is -0.816. The van der Waals surface area contributed by atoms with Crippen molar-refractivity contribution in [3.8, 4) is 0 Å². The summed E-state index contributed by atoms with van der Waals surface area (Å²) in [4.78, 5) is 14.8. The fourth-order valence-corrected chi connectivity index (χ4v) is 2.95. The van der Waals surface area contributed by atoms with Gasteiger partial charge in [-0.15, -0.1) is 0 Å². The van der Waals surface area contributed by atoms with Gasteiger partial charge in [-0.2, -0.15) is 0 Å². The molecule has 0 bridgehead atoms. The first-order chi connectivity index (χ1) is 10.0. The average molecular weight is 291 g/mol. The fraction of sp³-hybridized carbons (Fsp3) is 0.562. The molecule has 0 aliphatic carbocycles. The van der Waals surface area contributed by atoms with Gasteiger partial charge in [-0.25, -0.2) is 4.79 Å². The van der Waals surface area contributed by atoms with Crippen molar-refractivity contribution in [1.29, 1.82) is 0 Å². The second kappa shape index (κ2) is 6.91. The zero-order chi connectivity index (χ0) is 15.4. The maximum absolute atomic E-state index is 11.0. The summed E-state index contributed by atoms with van der Waals surface area (Å²) in [6.45, 7) is 6.92. The van der Waals surface area contributed by atoms with Crippen molar-refractivity contribution in [2.45, 2.75) is 32.4 Å². The monoisotopic (exact) mass is 291 g/mol. The Labute approximate surface area is 126 Å². The van der Waals surface area contributed by atoms with Crippen LogP contribution >= 0.6 is 0 Å². The van der Waals surface area contributed by atoms with Gasteiger partial charge in [0.15, 0.2) is 0 Å². The van der Waals surface area contributed by atoms with Gasteiger partial charge in [0, 0.05) is 38.3 Å². The summed E-state index contributed by atoms with van der Waals surface area (Å²) in [5.41, 5.74) is 8.31. The van der Waals surface area contributed by atoms with E-state index in [1.807, 2.05) is 6.92 Å². The lowest BCUT2D eigenvalue weighted by atomic mass is 9.99. The minimum absolute atomic E-state index is 0.0539. The molecular formula is C16H25N3O2. The second-order valence-corrected chi connectivity index (χ2v) is 5.68. The highest BCUT2D eigenvalue weighted by molar-refractivity contribution is 5.65. The number of amides is 1. The molecule has 0 unspecified atom stereocenters. The number of nitrogens with zero attached hydrogens (tertiary/aromatic N) is 2. The van der Waals surface area contributed by atoms with Gasteiger partial charge in [0.2, 0.25) is 0 Å². The standard InChI is InChI=1S/C16H25N3O2/c1-3-15(14-6-4-13(5-7-14)12(2)17)18-8-10-19(11-9-18)16(20)21/h4-7,12,15H,3,8-11,17H2,1-2H3,(H,20,21)/t12-,15+/m0/s1. The van der Waals surface area contributed by atoms with Crippen LogP contribution in [0, 0.1) is 0 Å². The molecule has 0 spiro atoms. The van der Waals surface area contributed by atoms with Gasteiger partial charge in [-0.1, -0.05) is 31.2 Å². The van der Waals surface area contributed by atoms with E-state index in [1.165, 1.54) is 10.5 Å². The van der Waals surface area contributed by atoms with E-state index in [4.69, 9.17) is 10.8 Å². The molecule has 1 fully saturated rings. The number of nitrogens with two attached hydrogens (primary N) is 1. The molecule has 2 atom stereocenters. The molecule has 5 heteroatoms. The van der Waals surface area contributed by atoms with E-state index in [1.54, 1.807) is 0 Å². The Morgan fingerprint density at radius 3 is 2.14 bits per heavy atom. The van der Waals surface area contributed by atoms with E-state index >= 15 is 0 Å². The van der Waals surface area contributed by atoms with Crippen molar-refractivity contribution in [1.82, 2.24) is 9.80 Å². The van der Waals surface area contributed by atoms with Crippen molar-refractivity contribution in [3.63, 3.8) is 0 Å². The molecule has 3 N–H and O–H groups in total. The van der Waals surface area contributed by atoms with Gasteiger partial charge in [0.1, 0.15) is 0 Å². The number of carbonyl (C=O) groups is 1. The number of rotatable bonds is 4. The molecule has 5 nitrogen and oxygen atoms in total.